The summed E-state index contributed by atoms with van der Waals surface area (Å²) >= 11 is 0. The molecule has 12 heavy (non-hydrogen) atoms. The first-order chi connectivity index (χ1) is 5.67. The molecule has 0 N–H and O–H groups in total. The third-order valence-corrected chi connectivity index (χ3v) is 2.67. The first kappa shape index (κ1) is 7.53. The quantitative estimate of drug-likeness (QED) is 0.654. The maximum absolute atomic E-state index is 11.3. The van der Waals surface area contributed by atoms with Crippen LogP contribution in [-0.4, -0.2) is 15.3 Å². The number of hydrogen-bond acceptors (Lipinski definition) is 2. The van der Waals surface area contributed by atoms with Crippen LogP contribution in [0.3, 0.4) is 0 Å². The van der Waals surface area contributed by atoms with Gasteiger partial charge in [-0.25, -0.2) is 4.98 Å². The molecule has 1 heterocycles. The van der Waals surface area contributed by atoms with Crippen LogP contribution >= 0.6 is 0 Å². The lowest BCUT2D eigenvalue weighted by Gasteiger charge is -2.10. The average molecular weight is 164 g/mol. The smallest absolute Gasteiger partial charge is 0.143 e. The number of aryl methyl sites for hydroxylation is 1. The summed E-state index contributed by atoms with van der Waals surface area (Å²) in [4.78, 5) is 15.5. The van der Waals surface area contributed by atoms with Crippen LogP contribution in [0.2, 0.25) is 0 Å². The molecule has 1 saturated carbocycles. The number of carbonyl (C=O) groups excluding carboxylic acids is 1. The Morgan fingerprint density at radius 1 is 1.67 bits per heavy atom. The Hall–Kier alpha value is -1.12. The van der Waals surface area contributed by atoms with Crippen LogP contribution in [0.15, 0.2) is 12.4 Å². The van der Waals surface area contributed by atoms with Crippen LogP contribution in [0.25, 0.3) is 0 Å². The molecule has 1 fully saturated rings. The van der Waals surface area contributed by atoms with E-state index in [2.05, 4.69) is 4.98 Å². The highest BCUT2D eigenvalue weighted by Crippen LogP contribution is 2.47. The molecule has 2 rings (SSSR count). The van der Waals surface area contributed by atoms with E-state index < -0.39 is 0 Å². The van der Waals surface area contributed by atoms with E-state index in [-0.39, 0.29) is 11.2 Å². The van der Waals surface area contributed by atoms with E-state index in [0.29, 0.717) is 0 Å². The van der Waals surface area contributed by atoms with Gasteiger partial charge in [-0.3, -0.25) is 4.79 Å². The third-order valence-electron chi connectivity index (χ3n) is 2.67. The Morgan fingerprint density at radius 3 is 2.67 bits per heavy atom. The van der Waals surface area contributed by atoms with Gasteiger partial charge in [0, 0.05) is 19.4 Å². The zero-order valence-electron chi connectivity index (χ0n) is 7.37. The van der Waals surface area contributed by atoms with Gasteiger partial charge in [0.15, 0.2) is 0 Å². The number of carbonyl (C=O) groups is 1. The highest BCUT2D eigenvalue weighted by molar-refractivity contribution is 5.90. The summed E-state index contributed by atoms with van der Waals surface area (Å²) in [6, 6.07) is 0. The Morgan fingerprint density at radius 2 is 2.33 bits per heavy atom. The first-order valence-corrected chi connectivity index (χ1v) is 4.16. The van der Waals surface area contributed by atoms with Crippen molar-refractivity contribution in [3.8, 4) is 0 Å². The minimum atomic E-state index is -0.224. The van der Waals surface area contributed by atoms with E-state index in [9.17, 15) is 4.79 Å². The van der Waals surface area contributed by atoms with Crippen molar-refractivity contribution < 1.29 is 4.79 Å². The molecule has 0 bridgehead atoms. The fourth-order valence-electron chi connectivity index (χ4n) is 1.68. The molecule has 0 radical (unpaired) electrons. The van der Waals surface area contributed by atoms with Gasteiger partial charge in [-0.15, -0.1) is 0 Å². The van der Waals surface area contributed by atoms with Crippen molar-refractivity contribution in [2.75, 3.05) is 0 Å². The second-order valence-corrected chi connectivity index (χ2v) is 3.50. The standard InChI is InChI=1S/C9H12N2O/c1-7(12)9(3-4-9)8-10-5-6-11(8)2/h5-6H,3-4H2,1-2H3. The Bertz CT molecular complexity index is 323. The number of ketones is 1. The van der Waals surface area contributed by atoms with Gasteiger partial charge in [0.2, 0.25) is 0 Å². The molecule has 0 atom stereocenters. The van der Waals surface area contributed by atoms with Gasteiger partial charge in [0.1, 0.15) is 11.6 Å². The van der Waals surface area contributed by atoms with Crippen molar-refractivity contribution >= 4 is 5.78 Å². The molecular weight excluding hydrogens is 152 g/mol. The molecule has 0 spiro atoms. The van der Waals surface area contributed by atoms with Crippen LogP contribution in [-0.2, 0) is 17.3 Å². The lowest BCUT2D eigenvalue weighted by Crippen LogP contribution is -2.21. The molecule has 0 saturated heterocycles. The molecule has 1 aliphatic rings. The normalized spacial score (nSPS) is 19.2. The van der Waals surface area contributed by atoms with E-state index in [1.54, 1.807) is 13.1 Å². The topological polar surface area (TPSA) is 34.9 Å². The minimum absolute atomic E-state index is 0.224. The second kappa shape index (κ2) is 2.19. The Kier molecular flexibility index (Phi) is 1.37. The molecule has 1 aromatic rings. The fraction of sp³-hybridized carbons (Fsp3) is 0.556. The lowest BCUT2D eigenvalue weighted by atomic mass is 10.0. The summed E-state index contributed by atoms with van der Waals surface area (Å²) in [7, 11) is 1.94. The summed E-state index contributed by atoms with van der Waals surface area (Å²) < 4.78 is 1.94. The van der Waals surface area contributed by atoms with E-state index >= 15 is 0 Å². The van der Waals surface area contributed by atoms with Gasteiger partial charge in [-0.1, -0.05) is 0 Å². The van der Waals surface area contributed by atoms with Gasteiger partial charge in [-0.2, -0.15) is 0 Å². The highest BCUT2D eigenvalue weighted by atomic mass is 16.1. The van der Waals surface area contributed by atoms with Crippen molar-refractivity contribution in [2.24, 2.45) is 7.05 Å². The maximum Gasteiger partial charge on any atom is 0.143 e. The van der Waals surface area contributed by atoms with Crippen LogP contribution in [0.5, 0.6) is 0 Å². The molecule has 1 aromatic heterocycles. The van der Waals surface area contributed by atoms with Gasteiger partial charge in [0.05, 0.1) is 5.41 Å². The van der Waals surface area contributed by atoms with Crippen molar-refractivity contribution in [1.29, 1.82) is 0 Å². The van der Waals surface area contributed by atoms with Gasteiger partial charge in [0.25, 0.3) is 0 Å². The van der Waals surface area contributed by atoms with Gasteiger partial charge < -0.3 is 4.57 Å². The predicted octanol–water partition coefficient (Wildman–Crippen LogP) is 1.04. The van der Waals surface area contributed by atoms with E-state index in [0.717, 1.165) is 18.7 Å². The summed E-state index contributed by atoms with van der Waals surface area (Å²) in [6.45, 7) is 1.65. The molecule has 0 aromatic carbocycles. The zero-order valence-corrected chi connectivity index (χ0v) is 7.37. The van der Waals surface area contributed by atoms with Gasteiger partial charge in [-0.05, 0) is 19.8 Å². The monoisotopic (exact) mass is 164 g/mol. The Balaban J connectivity index is 2.43. The average Bonchev–Trinajstić information content (AvgIpc) is 2.71. The number of Topliss-reactive ketones (excluding diaryl/α,β-unsaturated/α-hetero) is 1. The molecule has 0 aliphatic heterocycles. The second-order valence-electron chi connectivity index (χ2n) is 3.50. The SMILES string of the molecule is CC(=O)C1(c2nccn2C)CC1. The van der Waals surface area contributed by atoms with Crippen molar-refractivity contribution in [3.05, 3.63) is 18.2 Å². The van der Waals surface area contributed by atoms with Crippen molar-refractivity contribution in [1.82, 2.24) is 9.55 Å². The van der Waals surface area contributed by atoms with E-state index in [1.165, 1.54) is 0 Å². The van der Waals surface area contributed by atoms with E-state index in [1.807, 2.05) is 17.8 Å². The molecule has 0 amide bonds. The molecule has 1 aliphatic carbocycles. The van der Waals surface area contributed by atoms with Gasteiger partial charge >= 0.3 is 0 Å². The van der Waals surface area contributed by atoms with Crippen molar-refractivity contribution in [3.63, 3.8) is 0 Å². The zero-order chi connectivity index (χ0) is 8.77. The molecule has 3 nitrogen and oxygen atoms in total. The largest absolute Gasteiger partial charge is 0.337 e. The van der Waals surface area contributed by atoms with Crippen LogP contribution in [0.1, 0.15) is 25.6 Å². The maximum atomic E-state index is 11.3. The number of nitrogens with zero attached hydrogens (tertiary/aromatic N) is 2. The molecular formula is C9H12N2O. The van der Waals surface area contributed by atoms with Crippen LogP contribution < -0.4 is 0 Å². The molecule has 3 heteroatoms. The predicted molar refractivity (Wildman–Crippen MR) is 44.8 cm³/mol. The summed E-state index contributed by atoms with van der Waals surface area (Å²) in [5.41, 5.74) is -0.224. The number of hydrogen-bond donors (Lipinski definition) is 0. The minimum Gasteiger partial charge on any atom is -0.337 e. The third kappa shape index (κ3) is 0.823. The lowest BCUT2D eigenvalue weighted by molar-refractivity contribution is -0.119. The number of imidazole rings is 1. The van der Waals surface area contributed by atoms with Crippen molar-refractivity contribution in [2.45, 2.75) is 25.2 Å². The summed E-state index contributed by atoms with van der Waals surface area (Å²) in [6.07, 6.45) is 5.57. The van der Waals surface area contributed by atoms with E-state index in [4.69, 9.17) is 0 Å². The fourth-order valence-corrected chi connectivity index (χ4v) is 1.68. The van der Waals surface area contributed by atoms with Crippen LogP contribution in [0, 0.1) is 0 Å². The Labute approximate surface area is 71.4 Å². The number of rotatable bonds is 2. The summed E-state index contributed by atoms with van der Waals surface area (Å²) in [5.74, 6) is 1.17. The highest BCUT2D eigenvalue weighted by Gasteiger charge is 2.51. The summed E-state index contributed by atoms with van der Waals surface area (Å²) in [5, 5.41) is 0. The first-order valence-electron chi connectivity index (χ1n) is 4.16. The van der Waals surface area contributed by atoms with Crippen LogP contribution in [0.4, 0.5) is 0 Å². The molecule has 0 unspecified atom stereocenters. The number of aromatic nitrogens is 2. The molecule has 64 valence electrons.